The number of anilines is 2. The molecule has 3 N–H and O–H groups in total. The highest BCUT2D eigenvalue weighted by Gasteiger charge is 2.34. The van der Waals surface area contributed by atoms with Crippen LogP contribution in [0.25, 0.3) is 10.9 Å². The molecule has 3 aromatic rings. The predicted octanol–water partition coefficient (Wildman–Crippen LogP) is 5.66. The summed E-state index contributed by atoms with van der Waals surface area (Å²) in [5.74, 6) is 5.93. The molecule has 0 spiro atoms. The van der Waals surface area contributed by atoms with Crippen molar-refractivity contribution in [1.82, 2.24) is 14.8 Å². The number of amides is 1. The molecule has 4 rings (SSSR count). The van der Waals surface area contributed by atoms with Gasteiger partial charge in [0.1, 0.15) is 18.5 Å². The van der Waals surface area contributed by atoms with Gasteiger partial charge in [-0.05, 0) is 69.5 Å². The molecule has 42 heavy (non-hydrogen) atoms. The van der Waals surface area contributed by atoms with E-state index in [-0.39, 0.29) is 30.2 Å². The van der Waals surface area contributed by atoms with Crippen LogP contribution in [-0.4, -0.2) is 73.1 Å². The van der Waals surface area contributed by atoms with Crippen LogP contribution in [0.5, 0.6) is 5.75 Å². The Morgan fingerprint density at radius 3 is 2.52 bits per heavy atom. The number of rotatable bonds is 7. The van der Waals surface area contributed by atoms with Crippen molar-refractivity contribution in [1.29, 1.82) is 0 Å². The molecule has 1 fully saturated rings. The molecule has 1 aliphatic rings. The van der Waals surface area contributed by atoms with Crippen LogP contribution in [0.3, 0.4) is 0 Å². The van der Waals surface area contributed by atoms with Crippen LogP contribution in [0.1, 0.15) is 43.2 Å². The van der Waals surface area contributed by atoms with E-state index in [1.54, 1.807) is 42.5 Å². The Morgan fingerprint density at radius 2 is 1.88 bits per heavy atom. The van der Waals surface area contributed by atoms with Gasteiger partial charge in [-0.15, -0.1) is 0 Å². The van der Waals surface area contributed by atoms with Gasteiger partial charge in [-0.1, -0.05) is 12.0 Å². The molecule has 11 heteroatoms. The van der Waals surface area contributed by atoms with Gasteiger partial charge in [0.15, 0.2) is 0 Å². The lowest BCUT2D eigenvalue weighted by Gasteiger charge is -2.42. The van der Waals surface area contributed by atoms with Crippen LogP contribution in [0.15, 0.2) is 42.5 Å². The van der Waals surface area contributed by atoms with Gasteiger partial charge in [0.2, 0.25) is 0 Å². The topological polar surface area (TPSA) is 70.6 Å². The predicted molar refractivity (Wildman–Crippen MR) is 158 cm³/mol. The molecule has 1 saturated heterocycles. The fourth-order valence-electron chi connectivity index (χ4n) is 5.14. The Labute approximate surface area is 243 Å². The number of carbonyl (C=O) groups is 1. The summed E-state index contributed by atoms with van der Waals surface area (Å²) < 4.78 is 62.5. The lowest BCUT2D eigenvalue weighted by molar-refractivity contribution is -0.140. The smallest absolute Gasteiger partial charge is 0.406 e. The number of alkyl halides is 4. The third-order valence-electron chi connectivity index (χ3n) is 7.39. The minimum Gasteiger partial charge on any atom is -0.495 e. The molecule has 0 bridgehead atoms. The van der Waals surface area contributed by atoms with Crippen molar-refractivity contribution in [2.75, 3.05) is 44.4 Å². The Morgan fingerprint density at radius 1 is 1.12 bits per heavy atom. The second kappa shape index (κ2) is 12.5. The van der Waals surface area contributed by atoms with Crippen LogP contribution < -0.4 is 20.7 Å². The number of hydrogen-bond acceptors (Lipinski definition) is 5. The first kappa shape index (κ1) is 31.0. The van der Waals surface area contributed by atoms with Crippen molar-refractivity contribution in [2.24, 2.45) is 0 Å². The lowest BCUT2D eigenvalue weighted by Crippen LogP contribution is -2.54. The number of nitrogens with one attached hydrogen (secondary N) is 3. The lowest BCUT2D eigenvalue weighted by atomic mass is 9.96. The van der Waals surface area contributed by atoms with Crippen LogP contribution >= 0.6 is 0 Å². The van der Waals surface area contributed by atoms with Crippen molar-refractivity contribution in [3.05, 3.63) is 53.7 Å². The molecule has 1 aromatic heterocycles. The van der Waals surface area contributed by atoms with Gasteiger partial charge >= 0.3 is 6.18 Å². The molecule has 0 saturated carbocycles. The van der Waals surface area contributed by atoms with Crippen LogP contribution in [0.2, 0.25) is 0 Å². The molecule has 1 amide bonds. The van der Waals surface area contributed by atoms with E-state index in [1.165, 1.54) is 14.2 Å². The van der Waals surface area contributed by atoms with Gasteiger partial charge in [-0.3, -0.25) is 9.69 Å². The second-order valence-electron chi connectivity index (χ2n) is 11.3. The van der Waals surface area contributed by atoms with Gasteiger partial charge in [0.05, 0.1) is 36.6 Å². The summed E-state index contributed by atoms with van der Waals surface area (Å²) in [4.78, 5) is 14.0. The Hall–Kier alpha value is -3.91. The number of piperidine rings is 1. The Bertz CT molecular complexity index is 1480. The number of benzene rings is 2. The summed E-state index contributed by atoms with van der Waals surface area (Å²) >= 11 is 0. The van der Waals surface area contributed by atoms with Crippen molar-refractivity contribution in [3.63, 3.8) is 0 Å². The third kappa shape index (κ3) is 7.29. The number of halogens is 4. The van der Waals surface area contributed by atoms with Crippen LogP contribution in [-0.2, 0) is 6.54 Å². The van der Waals surface area contributed by atoms with E-state index in [0.717, 1.165) is 11.1 Å². The van der Waals surface area contributed by atoms with Crippen LogP contribution in [0, 0.1) is 11.8 Å². The number of carbonyl (C=O) groups excluding carboxylic acids is 1. The number of likely N-dealkylation sites (tertiary alicyclic amines) is 1. The maximum atomic E-state index is 15.2. The highest BCUT2D eigenvalue weighted by Crippen LogP contribution is 2.32. The molecule has 1 aliphatic heterocycles. The zero-order valence-corrected chi connectivity index (χ0v) is 24.5. The number of fused-ring (bicyclic) bond motifs is 1. The quantitative estimate of drug-likeness (QED) is 0.246. The van der Waals surface area contributed by atoms with Crippen molar-refractivity contribution in [2.45, 2.75) is 57.7 Å². The molecule has 0 aliphatic carbocycles. The van der Waals surface area contributed by atoms with E-state index in [9.17, 15) is 18.0 Å². The van der Waals surface area contributed by atoms with Gasteiger partial charge in [-0.25, -0.2) is 4.39 Å². The number of hydrogen-bond donors (Lipinski definition) is 3. The maximum Gasteiger partial charge on any atom is 0.406 e. The summed E-state index contributed by atoms with van der Waals surface area (Å²) in [7, 11) is 3.00. The zero-order chi connectivity index (χ0) is 30.7. The second-order valence-corrected chi connectivity index (χ2v) is 11.3. The number of methoxy groups -OCH3 is 1. The summed E-state index contributed by atoms with van der Waals surface area (Å²) in [5.41, 5.74) is 1.99. The largest absolute Gasteiger partial charge is 0.495 e. The molecular weight excluding hydrogens is 550 g/mol. The van der Waals surface area contributed by atoms with Gasteiger partial charge in [0.25, 0.3) is 5.91 Å². The Kier molecular flexibility index (Phi) is 9.26. The highest BCUT2D eigenvalue weighted by atomic mass is 19.4. The molecule has 2 heterocycles. The summed E-state index contributed by atoms with van der Waals surface area (Å²) in [5, 5.41) is 9.45. The van der Waals surface area contributed by atoms with E-state index < -0.39 is 24.9 Å². The highest BCUT2D eigenvalue weighted by molar-refractivity contribution is 5.95. The zero-order valence-electron chi connectivity index (χ0n) is 24.5. The molecule has 2 atom stereocenters. The molecular formula is C31H37F4N5O2. The average molecular weight is 588 g/mol. The maximum absolute atomic E-state index is 15.2. The summed E-state index contributed by atoms with van der Waals surface area (Å²) in [6.45, 7) is 6.07. The average Bonchev–Trinajstić information content (AvgIpc) is 3.27. The number of aromatic nitrogens is 1. The standard InChI is InChI=1S/C31H37F4N5O2/c1-30(2,3)39-15-13-25(23(32)18-39)38-24-9-6-10-27-22(24)17-21(40(27)19-31(33,34)35)8-7-14-37-26-12-11-20(29(41)36-4)16-28(26)42-5/h6,9-12,16-17,23,25,37-38H,13-15,18-19H2,1-5H3,(H,36,41)/t23-,25+/m1/s1. The van der Waals surface area contributed by atoms with Gasteiger partial charge in [-0.2, -0.15) is 13.2 Å². The first-order chi connectivity index (χ1) is 19.8. The molecule has 2 aromatic carbocycles. The normalized spacial score (nSPS) is 17.8. The van der Waals surface area contributed by atoms with E-state index in [4.69, 9.17) is 4.74 Å². The molecule has 7 nitrogen and oxygen atoms in total. The fourth-order valence-corrected chi connectivity index (χ4v) is 5.14. The first-order valence-corrected chi connectivity index (χ1v) is 13.8. The Balaban J connectivity index is 1.58. The molecule has 0 radical (unpaired) electrons. The van der Waals surface area contributed by atoms with Gasteiger partial charge in [0, 0.05) is 42.3 Å². The first-order valence-electron chi connectivity index (χ1n) is 13.8. The molecule has 0 unspecified atom stereocenters. The SMILES string of the molecule is CNC(=O)c1ccc(NCC#Cc2cc3c(N[C@H]4CCN(C(C)(C)C)C[C@H]4F)cccc3n2CC(F)(F)F)c(OC)c1. The van der Waals surface area contributed by atoms with Crippen molar-refractivity contribution < 1.29 is 27.1 Å². The van der Waals surface area contributed by atoms with E-state index in [2.05, 4.69) is 53.5 Å². The monoisotopic (exact) mass is 587 g/mol. The minimum atomic E-state index is -4.46. The summed E-state index contributed by atoms with van der Waals surface area (Å²) in [6, 6.07) is 11.1. The summed E-state index contributed by atoms with van der Waals surface area (Å²) in [6.07, 6.45) is -5.02. The molecule has 226 valence electrons. The van der Waals surface area contributed by atoms with E-state index >= 15 is 4.39 Å². The number of ether oxygens (including phenoxy) is 1. The minimum absolute atomic E-state index is 0.115. The van der Waals surface area contributed by atoms with E-state index in [1.807, 2.05) is 0 Å². The van der Waals surface area contributed by atoms with E-state index in [0.29, 0.717) is 40.0 Å². The third-order valence-corrected chi connectivity index (χ3v) is 7.39. The number of nitrogens with zero attached hydrogens (tertiary/aromatic N) is 2. The van der Waals surface area contributed by atoms with Crippen LogP contribution in [0.4, 0.5) is 28.9 Å². The van der Waals surface area contributed by atoms with Crippen molar-refractivity contribution >= 4 is 28.2 Å². The van der Waals surface area contributed by atoms with Crippen molar-refractivity contribution in [3.8, 4) is 17.6 Å². The van der Waals surface area contributed by atoms with Gasteiger partial charge < -0.3 is 25.3 Å². The fraction of sp³-hybridized carbons (Fsp3) is 0.452.